The third-order valence-electron chi connectivity index (χ3n) is 11.1. The second-order valence-corrected chi connectivity index (χ2v) is 15.8. The Kier molecular flexibility index (Phi) is 27.4. The summed E-state index contributed by atoms with van der Waals surface area (Å²) >= 11 is 0. The first-order chi connectivity index (χ1) is 26.6. The number of ether oxygens (including phenoxy) is 4. The Balaban J connectivity index is 1.91. The smallest absolute Gasteiger partial charge is 0.220 e. The van der Waals surface area contributed by atoms with Crippen molar-refractivity contribution < 1.29 is 64.6 Å². The molecule has 14 heteroatoms. The van der Waals surface area contributed by atoms with E-state index >= 15 is 0 Å². The first-order valence-corrected chi connectivity index (χ1v) is 21.8. The van der Waals surface area contributed by atoms with Gasteiger partial charge in [0.25, 0.3) is 0 Å². The van der Waals surface area contributed by atoms with Gasteiger partial charge in [-0.05, 0) is 12.8 Å². The van der Waals surface area contributed by atoms with Crippen LogP contribution in [0, 0.1) is 0 Å². The van der Waals surface area contributed by atoms with E-state index in [9.17, 15) is 45.6 Å². The normalized spacial score (nSPS) is 29.6. The van der Waals surface area contributed by atoms with Crippen LogP contribution in [0.15, 0.2) is 0 Å². The fourth-order valence-electron chi connectivity index (χ4n) is 7.41. The summed E-state index contributed by atoms with van der Waals surface area (Å²) in [4.78, 5) is 13.0. The topological polar surface area (TPSA) is 228 Å². The molecule has 326 valence electrons. The van der Waals surface area contributed by atoms with Gasteiger partial charge >= 0.3 is 0 Å². The quantitative estimate of drug-likeness (QED) is 0.0445. The van der Waals surface area contributed by atoms with Gasteiger partial charge in [-0.1, -0.05) is 142 Å². The summed E-state index contributed by atoms with van der Waals surface area (Å²) in [6.07, 6.45) is 8.41. The number of hydrogen-bond acceptors (Lipinski definition) is 13. The molecule has 2 fully saturated rings. The standard InChI is InChI=1S/C41H79NO13/c1-3-5-7-9-11-13-14-15-17-18-20-22-24-30(45)29(42-33(46)25-23-21-19-16-12-10-8-6-4-2)28-52-40-38(51)36(49)39(32(27-44)54-40)55-41-37(50)35(48)34(47)31(26-43)53-41/h29-32,34-41,43-45,47-51H,3-28H2,1-2H3,(H,42,46)/t29-,30+,31+,32+,34-,35?,36?,37?,38?,39+,40+,41-/m0/s1. The van der Waals surface area contributed by atoms with Crippen LogP contribution < -0.4 is 5.32 Å². The van der Waals surface area contributed by atoms with Crippen LogP contribution in [0.4, 0.5) is 0 Å². The molecule has 14 nitrogen and oxygen atoms in total. The first-order valence-electron chi connectivity index (χ1n) is 21.8. The summed E-state index contributed by atoms with van der Waals surface area (Å²) in [5.74, 6) is -0.211. The fraction of sp³-hybridized carbons (Fsp3) is 0.976. The summed E-state index contributed by atoms with van der Waals surface area (Å²) in [7, 11) is 0. The van der Waals surface area contributed by atoms with Gasteiger partial charge in [-0.15, -0.1) is 0 Å². The Bertz CT molecular complexity index is 946. The molecule has 0 aliphatic carbocycles. The molecule has 0 aromatic carbocycles. The summed E-state index contributed by atoms with van der Waals surface area (Å²) in [6.45, 7) is 2.79. The van der Waals surface area contributed by atoms with Crippen molar-refractivity contribution in [3.05, 3.63) is 0 Å². The average Bonchev–Trinajstić information content (AvgIpc) is 3.18. The second-order valence-electron chi connectivity index (χ2n) is 15.8. The zero-order valence-electron chi connectivity index (χ0n) is 33.9. The van der Waals surface area contributed by atoms with Crippen LogP contribution in [0.1, 0.15) is 162 Å². The van der Waals surface area contributed by atoms with Gasteiger partial charge in [0.2, 0.25) is 5.91 Å². The van der Waals surface area contributed by atoms with Gasteiger partial charge in [-0.25, -0.2) is 0 Å². The minimum absolute atomic E-state index is 0.211. The number of nitrogens with one attached hydrogen (secondary N) is 1. The molecule has 2 aliphatic rings. The summed E-state index contributed by atoms with van der Waals surface area (Å²) in [5.41, 5.74) is 0. The summed E-state index contributed by atoms with van der Waals surface area (Å²) < 4.78 is 22.6. The zero-order valence-corrected chi connectivity index (χ0v) is 33.9. The van der Waals surface area contributed by atoms with Crippen LogP contribution in [0.5, 0.6) is 0 Å². The number of amides is 1. The minimum atomic E-state index is -1.78. The maximum atomic E-state index is 13.0. The molecule has 1 amide bonds. The highest BCUT2D eigenvalue weighted by atomic mass is 16.7. The number of carbonyl (C=O) groups excluding carboxylic acids is 1. The maximum Gasteiger partial charge on any atom is 0.220 e. The van der Waals surface area contributed by atoms with Crippen LogP contribution in [-0.2, 0) is 23.7 Å². The van der Waals surface area contributed by atoms with E-state index in [0.717, 1.165) is 51.4 Å². The number of aliphatic hydroxyl groups is 8. The molecule has 2 saturated heterocycles. The number of hydrogen-bond donors (Lipinski definition) is 9. The molecule has 12 atom stereocenters. The number of aliphatic hydroxyl groups excluding tert-OH is 8. The van der Waals surface area contributed by atoms with Crippen molar-refractivity contribution in [2.24, 2.45) is 0 Å². The van der Waals surface area contributed by atoms with E-state index in [4.69, 9.17) is 18.9 Å². The highest BCUT2D eigenvalue weighted by Crippen LogP contribution is 2.30. The Morgan fingerprint density at radius 3 is 1.55 bits per heavy atom. The summed E-state index contributed by atoms with van der Waals surface area (Å²) in [6, 6.07) is -0.817. The molecule has 0 spiro atoms. The lowest BCUT2D eigenvalue weighted by molar-refractivity contribution is -0.359. The van der Waals surface area contributed by atoms with Crippen molar-refractivity contribution >= 4 is 5.91 Å². The van der Waals surface area contributed by atoms with Crippen LogP contribution in [0.2, 0.25) is 0 Å². The van der Waals surface area contributed by atoms with E-state index in [-0.39, 0.29) is 12.5 Å². The van der Waals surface area contributed by atoms with Gasteiger partial charge in [0.1, 0.15) is 48.8 Å². The molecule has 0 saturated carbocycles. The molecule has 55 heavy (non-hydrogen) atoms. The number of rotatable bonds is 32. The highest BCUT2D eigenvalue weighted by Gasteiger charge is 2.51. The minimum Gasteiger partial charge on any atom is -0.394 e. The molecule has 0 radical (unpaired) electrons. The number of carbonyl (C=O) groups is 1. The van der Waals surface area contributed by atoms with Gasteiger partial charge in [0, 0.05) is 6.42 Å². The molecule has 0 aromatic rings. The largest absolute Gasteiger partial charge is 0.394 e. The van der Waals surface area contributed by atoms with Gasteiger partial charge in [0.05, 0.1) is 32.0 Å². The van der Waals surface area contributed by atoms with Gasteiger partial charge < -0.3 is 65.1 Å². The molecule has 0 aromatic heterocycles. The Morgan fingerprint density at radius 1 is 0.582 bits per heavy atom. The molecular formula is C41H79NO13. The Labute approximate surface area is 330 Å². The van der Waals surface area contributed by atoms with Crippen LogP contribution >= 0.6 is 0 Å². The van der Waals surface area contributed by atoms with Crippen molar-refractivity contribution in [2.45, 2.75) is 235 Å². The molecule has 0 bridgehead atoms. The average molecular weight is 794 g/mol. The van der Waals surface area contributed by atoms with Crippen molar-refractivity contribution in [3.8, 4) is 0 Å². The van der Waals surface area contributed by atoms with Crippen LogP contribution in [0.25, 0.3) is 0 Å². The number of unbranched alkanes of at least 4 members (excludes halogenated alkanes) is 19. The SMILES string of the molecule is CCCCCCCCCCCCCC[C@@H](O)[C@H](CO[C@@H]1O[C@H](CO)[C@@H](O[C@@H]2O[C@H](CO)[C@H](O)C(O)C2O)C(O)C1O)NC(=O)CCCCCCCCCCC. The summed E-state index contributed by atoms with van der Waals surface area (Å²) in [5, 5.41) is 86.4. The molecular weight excluding hydrogens is 714 g/mol. The predicted molar refractivity (Wildman–Crippen MR) is 208 cm³/mol. The van der Waals surface area contributed by atoms with E-state index in [1.54, 1.807) is 0 Å². The molecule has 2 aliphatic heterocycles. The lowest BCUT2D eigenvalue weighted by atomic mass is 9.97. The molecule has 2 rings (SSSR count). The van der Waals surface area contributed by atoms with E-state index in [1.807, 2.05) is 0 Å². The lowest BCUT2D eigenvalue weighted by Crippen LogP contribution is -2.65. The third-order valence-corrected chi connectivity index (χ3v) is 11.1. The van der Waals surface area contributed by atoms with Crippen molar-refractivity contribution in [1.29, 1.82) is 0 Å². The van der Waals surface area contributed by atoms with Gasteiger partial charge in [0.15, 0.2) is 12.6 Å². The van der Waals surface area contributed by atoms with E-state index in [1.165, 1.54) is 83.5 Å². The third kappa shape index (κ3) is 19.1. The maximum absolute atomic E-state index is 13.0. The second kappa shape index (κ2) is 30.1. The van der Waals surface area contributed by atoms with Crippen molar-refractivity contribution in [3.63, 3.8) is 0 Å². The van der Waals surface area contributed by atoms with Gasteiger partial charge in [-0.3, -0.25) is 4.79 Å². The Morgan fingerprint density at radius 2 is 1.04 bits per heavy atom. The van der Waals surface area contributed by atoms with E-state index < -0.39 is 86.8 Å². The van der Waals surface area contributed by atoms with Crippen molar-refractivity contribution in [2.75, 3.05) is 19.8 Å². The predicted octanol–water partition coefficient (Wildman–Crippen LogP) is 3.48. The van der Waals surface area contributed by atoms with Crippen LogP contribution in [-0.4, -0.2) is 140 Å². The highest BCUT2D eigenvalue weighted by molar-refractivity contribution is 5.76. The molecule has 2 heterocycles. The Hall–Kier alpha value is -1.01. The molecule has 4 unspecified atom stereocenters. The zero-order chi connectivity index (χ0) is 40.4. The van der Waals surface area contributed by atoms with E-state index in [0.29, 0.717) is 12.8 Å². The lowest BCUT2D eigenvalue weighted by Gasteiger charge is -2.46. The molecule has 9 N–H and O–H groups in total. The van der Waals surface area contributed by atoms with Crippen molar-refractivity contribution in [1.82, 2.24) is 5.32 Å². The van der Waals surface area contributed by atoms with E-state index in [2.05, 4.69) is 19.2 Å². The van der Waals surface area contributed by atoms with Crippen LogP contribution in [0.3, 0.4) is 0 Å². The van der Waals surface area contributed by atoms with Gasteiger partial charge in [-0.2, -0.15) is 0 Å². The fourth-order valence-corrected chi connectivity index (χ4v) is 7.41. The monoisotopic (exact) mass is 794 g/mol. The first kappa shape index (κ1) is 50.1.